The van der Waals surface area contributed by atoms with Crippen molar-refractivity contribution in [2.45, 2.75) is 33.7 Å². The summed E-state index contributed by atoms with van der Waals surface area (Å²) < 4.78 is 5.70. The fourth-order valence-corrected chi connectivity index (χ4v) is 1.54. The van der Waals surface area contributed by atoms with E-state index in [0.29, 0.717) is 12.5 Å². The zero-order valence-electron chi connectivity index (χ0n) is 11.8. The molecule has 18 heavy (non-hydrogen) atoms. The topological polar surface area (TPSA) is 21.3 Å². The fourth-order valence-electron chi connectivity index (χ4n) is 1.54. The van der Waals surface area contributed by atoms with Gasteiger partial charge in [0.2, 0.25) is 0 Å². The summed E-state index contributed by atoms with van der Waals surface area (Å²) in [6, 6.07) is 8.25. The number of hydrogen-bond donors (Lipinski definition) is 1. The molecule has 1 rings (SSSR count). The highest BCUT2D eigenvalue weighted by Crippen LogP contribution is 2.14. The molecule has 1 aromatic rings. The van der Waals surface area contributed by atoms with E-state index in [1.807, 2.05) is 12.1 Å². The molecule has 0 aliphatic heterocycles. The molecule has 0 radical (unpaired) electrons. The highest BCUT2D eigenvalue weighted by molar-refractivity contribution is 5.28. The Morgan fingerprint density at radius 2 is 2.17 bits per heavy atom. The van der Waals surface area contributed by atoms with E-state index in [2.05, 4.69) is 44.8 Å². The van der Waals surface area contributed by atoms with Gasteiger partial charge in [-0.3, -0.25) is 0 Å². The van der Waals surface area contributed by atoms with Crippen LogP contribution in [0.15, 0.2) is 36.4 Å². The number of rotatable bonds is 8. The lowest BCUT2D eigenvalue weighted by atomic mass is 10.2. The summed E-state index contributed by atoms with van der Waals surface area (Å²) in [6.07, 6.45) is 0.968. The van der Waals surface area contributed by atoms with E-state index in [4.69, 9.17) is 4.74 Å². The van der Waals surface area contributed by atoms with E-state index in [1.54, 1.807) is 0 Å². The summed E-state index contributed by atoms with van der Waals surface area (Å²) in [7, 11) is 0. The van der Waals surface area contributed by atoms with Crippen LogP contribution in [0.2, 0.25) is 0 Å². The van der Waals surface area contributed by atoms with Gasteiger partial charge in [-0.2, -0.15) is 0 Å². The Morgan fingerprint density at radius 3 is 2.83 bits per heavy atom. The number of ether oxygens (including phenoxy) is 1. The standard InChI is InChI=1S/C16H25NO/c1-5-14(4)12-18-16-8-6-7-15(9-16)11-17-10-13(2)3/h6-9,13,17H,4-5,10-12H2,1-3H3. The van der Waals surface area contributed by atoms with Crippen LogP contribution in [-0.2, 0) is 6.54 Å². The fraction of sp³-hybridized carbons (Fsp3) is 0.500. The first-order valence-electron chi connectivity index (χ1n) is 6.71. The van der Waals surface area contributed by atoms with Crippen LogP contribution in [0.1, 0.15) is 32.8 Å². The molecule has 0 amide bonds. The van der Waals surface area contributed by atoms with Crippen molar-refractivity contribution in [2.75, 3.05) is 13.2 Å². The third-order valence-corrected chi connectivity index (χ3v) is 2.72. The Bertz CT molecular complexity index is 371. The maximum atomic E-state index is 5.70. The van der Waals surface area contributed by atoms with Crippen molar-refractivity contribution in [3.05, 3.63) is 42.0 Å². The Hall–Kier alpha value is -1.28. The molecule has 100 valence electrons. The number of hydrogen-bond acceptors (Lipinski definition) is 2. The second kappa shape index (κ2) is 7.93. The van der Waals surface area contributed by atoms with Crippen molar-refractivity contribution >= 4 is 0 Å². The lowest BCUT2D eigenvalue weighted by molar-refractivity contribution is 0.348. The molecular formula is C16H25NO. The average molecular weight is 247 g/mol. The lowest BCUT2D eigenvalue weighted by Gasteiger charge is -2.10. The summed E-state index contributed by atoms with van der Waals surface area (Å²) in [6.45, 7) is 13.0. The smallest absolute Gasteiger partial charge is 0.120 e. The monoisotopic (exact) mass is 247 g/mol. The summed E-state index contributed by atoms with van der Waals surface area (Å²) >= 11 is 0. The molecule has 0 bridgehead atoms. The van der Waals surface area contributed by atoms with Crippen molar-refractivity contribution in [2.24, 2.45) is 5.92 Å². The van der Waals surface area contributed by atoms with Gasteiger partial charge in [-0.05, 0) is 42.2 Å². The maximum absolute atomic E-state index is 5.70. The van der Waals surface area contributed by atoms with Crippen LogP contribution in [-0.4, -0.2) is 13.2 Å². The van der Waals surface area contributed by atoms with Crippen molar-refractivity contribution in [1.29, 1.82) is 0 Å². The molecule has 0 heterocycles. The highest BCUT2D eigenvalue weighted by Gasteiger charge is 1.99. The van der Waals surface area contributed by atoms with Gasteiger partial charge in [-0.1, -0.05) is 39.5 Å². The quantitative estimate of drug-likeness (QED) is 0.706. The van der Waals surface area contributed by atoms with Gasteiger partial charge in [0.15, 0.2) is 0 Å². The van der Waals surface area contributed by atoms with Gasteiger partial charge < -0.3 is 10.1 Å². The highest BCUT2D eigenvalue weighted by atomic mass is 16.5. The zero-order chi connectivity index (χ0) is 13.4. The minimum absolute atomic E-state index is 0.610. The van der Waals surface area contributed by atoms with Crippen LogP contribution in [0.5, 0.6) is 5.75 Å². The van der Waals surface area contributed by atoms with Crippen molar-refractivity contribution in [3.63, 3.8) is 0 Å². The van der Waals surface area contributed by atoms with Gasteiger partial charge in [0, 0.05) is 6.54 Å². The van der Waals surface area contributed by atoms with Gasteiger partial charge >= 0.3 is 0 Å². The first-order chi connectivity index (χ1) is 8.61. The Kier molecular flexibility index (Phi) is 6.51. The second-order valence-corrected chi connectivity index (χ2v) is 5.06. The molecule has 0 aliphatic rings. The molecule has 0 fully saturated rings. The van der Waals surface area contributed by atoms with Crippen LogP contribution in [0.4, 0.5) is 0 Å². The van der Waals surface area contributed by atoms with Crippen molar-refractivity contribution in [1.82, 2.24) is 5.32 Å². The van der Waals surface area contributed by atoms with Crippen LogP contribution >= 0.6 is 0 Å². The molecule has 0 aromatic heterocycles. The SMILES string of the molecule is C=C(CC)COc1cccc(CNCC(C)C)c1. The Morgan fingerprint density at radius 1 is 1.39 bits per heavy atom. The van der Waals surface area contributed by atoms with Crippen LogP contribution in [0.3, 0.4) is 0 Å². The average Bonchev–Trinajstić information content (AvgIpc) is 2.36. The predicted octanol–water partition coefficient (Wildman–Crippen LogP) is 3.78. The Balaban J connectivity index is 2.43. The minimum atomic E-state index is 0.610. The van der Waals surface area contributed by atoms with E-state index in [1.165, 1.54) is 5.56 Å². The van der Waals surface area contributed by atoms with E-state index < -0.39 is 0 Å². The summed E-state index contributed by atoms with van der Waals surface area (Å²) in [5.41, 5.74) is 2.38. The maximum Gasteiger partial charge on any atom is 0.120 e. The van der Waals surface area contributed by atoms with Gasteiger partial charge in [0.05, 0.1) is 0 Å². The summed E-state index contributed by atoms with van der Waals surface area (Å²) in [4.78, 5) is 0. The second-order valence-electron chi connectivity index (χ2n) is 5.06. The lowest BCUT2D eigenvalue weighted by Crippen LogP contribution is -2.18. The van der Waals surface area contributed by atoms with Gasteiger partial charge in [-0.15, -0.1) is 0 Å². The minimum Gasteiger partial charge on any atom is -0.489 e. The van der Waals surface area contributed by atoms with Gasteiger partial charge in [0.25, 0.3) is 0 Å². The molecule has 0 atom stereocenters. The predicted molar refractivity (Wildman–Crippen MR) is 77.9 cm³/mol. The third kappa shape index (κ3) is 5.87. The third-order valence-electron chi connectivity index (χ3n) is 2.72. The van der Waals surface area contributed by atoms with E-state index in [9.17, 15) is 0 Å². The molecule has 0 unspecified atom stereocenters. The largest absolute Gasteiger partial charge is 0.489 e. The molecule has 0 saturated carbocycles. The van der Waals surface area contributed by atoms with E-state index in [0.717, 1.165) is 30.8 Å². The van der Waals surface area contributed by atoms with Crippen molar-refractivity contribution < 1.29 is 4.74 Å². The molecule has 1 aromatic carbocycles. The van der Waals surface area contributed by atoms with Crippen LogP contribution < -0.4 is 10.1 Å². The molecule has 1 N–H and O–H groups in total. The molecule has 0 aliphatic carbocycles. The molecule has 0 saturated heterocycles. The van der Waals surface area contributed by atoms with Crippen molar-refractivity contribution in [3.8, 4) is 5.75 Å². The van der Waals surface area contributed by atoms with Gasteiger partial charge in [-0.25, -0.2) is 0 Å². The number of nitrogens with one attached hydrogen (secondary N) is 1. The normalized spacial score (nSPS) is 10.7. The first kappa shape index (κ1) is 14.8. The summed E-state index contributed by atoms with van der Waals surface area (Å²) in [5, 5.41) is 3.43. The van der Waals surface area contributed by atoms with E-state index >= 15 is 0 Å². The van der Waals surface area contributed by atoms with Crippen LogP contribution in [0, 0.1) is 5.92 Å². The summed E-state index contributed by atoms with van der Waals surface area (Å²) in [5.74, 6) is 1.60. The molecule has 2 heteroatoms. The van der Waals surface area contributed by atoms with Gasteiger partial charge in [0.1, 0.15) is 12.4 Å². The zero-order valence-corrected chi connectivity index (χ0v) is 11.8. The first-order valence-corrected chi connectivity index (χ1v) is 6.71. The van der Waals surface area contributed by atoms with E-state index in [-0.39, 0.29) is 0 Å². The molecule has 0 spiro atoms. The van der Waals surface area contributed by atoms with Crippen LogP contribution in [0.25, 0.3) is 0 Å². The molecule has 2 nitrogen and oxygen atoms in total. The Labute approximate surface area is 111 Å². The number of benzene rings is 1. The molecular weight excluding hydrogens is 222 g/mol.